The maximum absolute atomic E-state index is 12.5. The number of aromatic nitrogens is 1. The topological polar surface area (TPSA) is 106 Å². The molecule has 1 heterocycles. The van der Waals surface area contributed by atoms with Crippen LogP contribution in [-0.4, -0.2) is 44.0 Å². The van der Waals surface area contributed by atoms with Crippen LogP contribution in [0, 0.1) is 10.1 Å². The van der Waals surface area contributed by atoms with Crippen molar-refractivity contribution in [2.45, 2.75) is 38.8 Å². The fraction of sp³-hybridized carbons (Fsp3) is 0.538. The fourth-order valence-electron chi connectivity index (χ4n) is 2.25. The van der Waals surface area contributed by atoms with E-state index in [0.717, 1.165) is 12.8 Å². The molecule has 0 radical (unpaired) electrons. The number of rotatable bonds is 7. The summed E-state index contributed by atoms with van der Waals surface area (Å²) in [6.45, 7) is 1.99. The molecule has 0 atom stereocenters. The molecule has 0 aromatic carbocycles. The van der Waals surface area contributed by atoms with Gasteiger partial charge in [-0.15, -0.1) is 0 Å². The highest BCUT2D eigenvalue weighted by molar-refractivity contribution is 5.95. The molecule has 2 rings (SSSR count). The Hall–Kier alpha value is -2.38. The van der Waals surface area contributed by atoms with Crippen LogP contribution in [-0.2, 0) is 11.3 Å². The summed E-state index contributed by atoms with van der Waals surface area (Å²) >= 11 is 0. The fourth-order valence-corrected chi connectivity index (χ4v) is 2.25. The van der Waals surface area contributed by atoms with Crippen molar-refractivity contribution < 1.29 is 19.6 Å². The molecule has 8 nitrogen and oxygen atoms in total. The van der Waals surface area contributed by atoms with Gasteiger partial charge in [-0.05, 0) is 19.3 Å². The van der Waals surface area contributed by atoms with Crippen LogP contribution in [0.4, 0.5) is 5.69 Å². The van der Waals surface area contributed by atoms with Crippen molar-refractivity contribution >= 4 is 17.6 Å². The summed E-state index contributed by atoms with van der Waals surface area (Å²) in [4.78, 5) is 35.0. The van der Waals surface area contributed by atoms with Gasteiger partial charge in [-0.2, -0.15) is 0 Å². The first-order chi connectivity index (χ1) is 9.93. The van der Waals surface area contributed by atoms with Crippen LogP contribution in [0.15, 0.2) is 12.3 Å². The second kappa shape index (κ2) is 5.94. The van der Waals surface area contributed by atoms with E-state index in [4.69, 9.17) is 5.11 Å². The molecule has 1 amide bonds. The monoisotopic (exact) mass is 295 g/mol. The summed E-state index contributed by atoms with van der Waals surface area (Å²) in [6, 6.07) is 1.15. The molecule has 8 heteroatoms. The minimum Gasteiger partial charge on any atom is -0.480 e. The molecule has 0 unspecified atom stereocenters. The van der Waals surface area contributed by atoms with Crippen molar-refractivity contribution in [3.8, 4) is 0 Å². The second-order valence-electron chi connectivity index (χ2n) is 5.09. The second-order valence-corrected chi connectivity index (χ2v) is 5.09. The average molecular weight is 295 g/mol. The van der Waals surface area contributed by atoms with Crippen molar-refractivity contribution in [1.29, 1.82) is 0 Å². The number of nitro groups is 1. The number of aliphatic carboxylic acids is 1. The van der Waals surface area contributed by atoms with Crippen molar-refractivity contribution in [3.63, 3.8) is 0 Å². The van der Waals surface area contributed by atoms with Gasteiger partial charge in [-0.25, -0.2) is 0 Å². The third kappa shape index (κ3) is 3.39. The largest absolute Gasteiger partial charge is 0.480 e. The lowest BCUT2D eigenvalue weighted by Gasteiger charge is -2.20. The Kier molecular flexibility index (Phi) is 4.25. The number of hydrogen-bond donors (Lipinski definition) is 1. The Morgan fingerprint density at radius 2 is 2.19 bits per heavy atom. The summed E-state index contributed by atoms with van der Waals surface area (Å²) in [7, 11) is 0. The van der Waals surface area contributed by atoms with Gasteiger partial charge in [-0.1, -0.05) is 6.92 Å². The van der Waals surface area contributed by atoms with E-state index in [1.165, 1.54) is 21.7 Å². The molecule has 21 heavy (non-hydrogen) atoms. The van der Waals surface area contributed by atoms with E-state index >= 15 is 0 Å². The van der Waals surface area contributed by atoms with E-state index in [9.17, 15) is 19.7 Å². The van der Waals surface area contributed by atoms with E-state index in [1.54, 1.807) is 0 Å². The third-order valence-corrected chi connectivity index (χ3v) is 3.33. The predicted octanol–water partition coefficient (Wildman–Crippen LogP) is 1.50. The van der Waals surface area contributed by atoms with Crippen LogP contribution in [0.3, 0.4) is 0 Å². The van der Waals surface area contributed by atoms with Gasteiger partial charge in [0.1, 0.15) is 12.2 Å². The maximum Gasteiger partial charge on any atom is 0.323 e. The molecule has 1 aromatic rings. The number of carboxylic acids is 1. The number of amides is 1. The first-order valence-corrected chi connectivity index (χ1v) is 6.81. The molecule has 1 aliphatic rings. The standard InChI is InChI=1S/C13H17N3O5/c1-2-5-14-7-10(16(20)21)6-11(14)13(19)15(8-12(17)18)9-3-4-9/h6-7,9H,2-5,8H2,1H3,(H,17,18). The molecule has 1 N–H and O–H groups in total. The summed E-state index contributed by atoms with van der Waals surface area (Å²) in [5.41, 5.74) is 0.0228. The van der Waals surface area contributed by atoms with Gasteiger partial charge in [0.2, 0.25) is 0 Å². The Labute approximate surface area is 121 Å². The Balaban J connectivity index is 2.31. The van der Waals surface area contributed by atoms with Gasteiger partial charge < -0.3 is 14.6 Å². The maximum atomic E-state index is 12.5. The van der Waals surface area contributed by atoms with E-state index in [2.05, 4.69) is 0 Å². The number of carbonyl (C=O) groups excluding carboxylic acids is 1. The highest BCUT2D eigenvalue weighted by Crippen LogP contribution is 2.29. The first kappa shape index (κ1) is 15.0. The molecule has 0 spiro atoms. The molecule has 0 saturated heterocycles. The highest BCUT2D eigenvalue weighted by atomic mass is 16.6. The predicted molar refractivity (Wildman–Crippen MR) is 73.1 cm³/mol. The van der Waals surface area contributed by atoms with Gasteiger partial charge in [0.15, 0.2) is 0 Å². The summed E-state index contributed by atoms with van der Waals surface area (Å²) in [6.07, 6.45) is 3.59. The molecule has 0 bridgehead atoms. The average Bonchev–Trinajstić information content (AvgIpc) is 3.16. The molecule has 1 aliphatic carbocycles. The minimum atomic E-state index is -1.08. The van der Waals surface area contributed by atoms with E-state index < -0.39 is 16.8 Å². The zero-order valence-electron chi connectivity index (χ0n) is 11.7. The van der Waals surface area contributed by atoms with Crippen LogP contribution < -0.4 is 0 Å². The van der Waals surface area contributed by atoms with Crippen molar-refractivity contribution in [3.05, 3.63) is 28.1 Å². The van der Waals surface area contributed by atoms with Gasteiger partial charge in [0.25, 0.3) is 11.6 Å². The van der Waals surface area contributed by atoms with Crippen LogP contribution in [0.25, 0.3) is 0 Å². The van der Waals surface area contributed by atoms with Crippen LogP contribution in [0.5, 0.6) is 0 Å². The molecule has 114 valence electrons. The Morgan fingerprint density at radius 1 is 1.52 bits per heavy atom. The smallest absolute Gasteiger partial charge is 0.323 e. The lowest BCUT2D eigenvalue weighted by molar-refractivity contribution is -0.384. The lowest BCUT2D eigenvalue weighted by Crippen LogP contribution is -2.38. The summed E-state index contributed by atoms with van der Waals surface area (Å²) < 4.78 is 1.53. The zero-order chi connectivity index (χ0) is 15.6. The van der Waals surface area contributed by atoms with Gasteiger partial charge in [0, 0.05) is 18.7 Å². The zero-order valence-corrected chi connectivity index (χ0v) is 11.7. The van der Waals surface area contributed by atoms with Gasteiger partial charge in [-0.3, -0.25) is 19.7 Å². The lowest BCUT2D eigenvalue weighted by atomic mass is 10.3. The Morgan fingerprint density at radius 3 is 2.67 bits per heavy atom. The number of nitrogens with zero attached hydrogens (tertiary/aromatic N) is 3. The number of carbonyl (C=O) groups is 2. The third-order valence-electron chi connectivity index (χ3n) is 3.33. The van der Waals surface area contributed by atoms with Crippen LogP contribution in [0.1, 0.15) is 36.7 Å². The summed E-state index contributed by atoms with van der Waals surface area (Å²) in [5.74, 6) is -1.54. The van der Waals surface area contributed by atoms with Crippen LogP contribution >= 0.6 is 0 Å². The van der Waals surface area contributed by atoms with Crippen molar-refractivity contribution in [1.82, 2.24) is 9.47 Å². The molecular weight excluding hydrogens is 278 g/mol. The molecular formula is C13H17N3O5. The molecule has 1 saturated carbocycles. The van der Waals surface area contributed by atoms with Crippen molar-refractivity contribution in [2.75, 3.05) is 6.54 Å². The van der Waals surface area contributed by atoms with Gasteiger partial charge >= 0.3 is 5.97 Å². The normalized spacial score (nSPS) is 14.0. The van der Waals surface area contributed by atoms with E-state index in [0.29, 0.717) is 13.0 Å². The SMILES string of the molecule is CCCn1cc([N+](=O)[O-])cc1C(=O)N(CC(=O)O)C1CC1. The molecule has 1 aromatic heterocycles. The van der Waals surface area contributed by atoms with Gasteiger partial charge in [0.05, 0.1) is 11.1 Å². The highest BCUT2D eigenvalue weighted by Gasteiger charge is 2.36. The van der Waals surface area contributed by atoms with Crippen molar-refractivity contribution in [2.24, 2.45) is 0 Å². The quantitative estimate of drug-likeness (QED) is 0.606. The van der Waals surface area contributed by atoms with E-state index in [-0.39, 0.29) is 24.0 Å². The minimum absolute atomic E-state index is 0.0716. The number of carboxylic acid groups (broad SMARTS) is 1. The number of hydrogen-bond acceptors (Lipinski definition) is 4. The first-order valence-electron chi connectivity index (χ1n) is 6.81. The molecule has 0 aliphatic heterocycles. The summed E-state index contributed by atoms with van der Waals surface area (Å²) in [5, 5.41) is 19.8. The van der Waals surface area contributed by atoms with E-state index in [1.807, 2.05) is 6.92 Å². The number of aryl methyl sites for hydroxylation is 1. The molecule has 1 fully saturated rings. The Bertz CT molecular complexity index is 576. The van der Waals surface area contributed by atoms with Crippen LogP contribution in [0.2, 0.25) is 0 Å².